The standard InChI is InChI=1S/C19H15ClFN7O/c1-12-16(17(20)27(26-12)9-13-4-6-14(21)7-5-13)19(29)25-15-3-2-8-23-18(15)28-11-22-10-24-28/h2-8,10-11H,9H2,1H3,(H,25,29). The molecule has 0 aliphatic heterocycles. The van der Waals surface area contributed by atoms with E-state index in [0.717, 1.165) is 5.56 Å². The molecule has 1 amide bonds. The molecule has 0 atom stereocenters. The highest BCUT2D eigenvalue weighted by atomic mass is 35.5. The third-order valence-electron chi connectivity index (χ3n) is 4.21. The van der Waals surface area contributed by atoms with Crippen LogP contribution >= 0.6 is 11.6 Å². The van der Waals surface area contributed by atoms with Crippen LogP contribution in [0.2, 0.25) is 5.15 Å². The van der Waals surface area contributed by atoms with Gasteiger partial charge in [-0.15, -0.1) is 0 Å². The van der Waals surface area contributed by atoms with Gasteiger partial charge in [0.1, 0.15) is 23.6 Å². The summed E-state index contributed by atoms with van der Waals surface area (Å²) < 4.78 is 16.1. The van der Waals surface area contributed by atoms with E-state index in [1.165, 1.54) is 34.2 Å². The Bertz CT molecular complexity index is 1160. The summed E-state index contributed by atoms with van der Waals surface area (Å²) >= 11 is 6.43. The first kappa shape index (κ1) is 18.8. The van der Waals surface area contributed by atoms with Crippen molar-refractivity contribution in [3.05, 3.63) is 83.0 Å². The van der Waals surface area contributed by atoms with Crippen molar-refractivity contribution in [1.82, 2.24) is 29.5 Å². The topological polar surface area (TPSA) is 90.5 Å². The van der Waals surface area contributed by atoms with Gasteiger partial charge in [0.05, 0.1) is 23.5 Å². The van der Waals surface area contributed by atoms with E-state index >= 15 is 0 Å². The Morgan fingerprint density at radius 2 is 2.03 bits per heavy atom. The van der Waals surface area contributed by atoms with E-state index in [9.17, 15) is 9.18 Å². The molecule has 29 heavy (non-hydrogen) atoms. The van der Waals surface area contributed by atoms with Gasteiger partial charge in [0, 0.05) is 6.20 Å². The number of nitrogens with one attached hydrogen (secondary N) is 1. The average Bonchev–Trinajstić information content (AvgIpc) is 3.33. The molecule has 1 aromatic carbocycles. The van der Waals surface area contributed by atoms with Crippen molar-refractivity contribution in [3.63, 3.8) is 0 Å². The number of aryl methyl sites for hydroxylation is 1. The molecular formula is C19H15ClFN7O. The van der Waals surface area contributed by atoms with Crippen LogP contribution in [-0.4, -0.2) is 35.4 Å². The fraction of sp³-hybridized carbons (Fsp3) is 0.105. The molecule has 0 saturated heterocycles. The fourth-order valence-corrected chi connectivity index (χ4v) is 3.18. The summed E-state index contributed by atoms with van der Waals surface area (Å²) in [6, 6.07) is 9.41. The Balaban J connectivity index is 1.60. The minimum atomic E-state index is -0.424. The molecule has 0 radical (unpaired) electrons. The molecule has 4 aromatic rings. The number of carbonyl (C=O) groups is 1. The predicted molar refractivity (Wildman–Crippen MR) is 105 cm³/mol. The minimum absolute atomic E-state index is 0.190. The van der Waals surface area contributed by atoms with Crippen LogP contribution in [0.5, 0.6) is 0 Å². The van der Waals surface area contributed by atoms with Crippen molar-refractivity contribution in [2.24, 2.45) is 0 Å². The lowest BCUT2D eigenvalue weighted by Gasteiger charge is -2.09. The van der Waals surface area contributed by atoms with Crippen molar-refractivity contribution in [3.8, 4) is 5.82 Å². The third-order valence-corrected chi connectivity index (χ3v) is 4.59. The molecule has 146 valence electrons. The molecule has 0 spiro atoms. The largest absolute Gasteiger partial charge is 0.319 e. The normalized spacial score (nSPS) is 10.9. The highest BCUT2D eigenvalue weighted by molar-refractivity contribution is 6.33. The van der Waals surface area contributed by atoms with Crippen LogP contribution in [0.25, 0.3) is 5.82 Å². The molecule has 3 aromatic heterocycles. The number of hydrogen-bond acceptors (Lipinski definition) is 5. The van der Waals surface area contributed by atoms with Gasteiger partial charge in [-0.1, -0.05) is 23.7 Å². The van der Waals surface area contributed by atoms with Crippen LogP contribution in [0.3, 0.4) is 0 Å². The van der Waals surface area contributed by atoms with E-state index < -0.39 is 5.91 Å². The Labute approximate surface area is 170 Å². The van der Waals surface area contributed by atoms with Crippen LogP contribution in [0.15, 0.2) is 55.2 Å². The second-order valence-electron chi connectivity index (χ2n) is 6.20. The zero-order chi connectivity index (χ0) is 20.4. The number of hydrogen-bond donors (Lipinski definition) is 1. The van der Waals surface area contributed by atoms with Gasteiger partial charge >= 0.3 is 0 Å². The van der Waals surface area contributed by atoms with Crippen molar-refractivity contribution in [1.29, 1.82) is 0 Å². The number of carbonyl (C=O) groups excluding carboxylic acids is 1. The lowest BCUT2D eigenvalue weighted by molar-refractivity contribution is 0.102. The Morgan fingerprint density at radius 3 is 2.76 bits per heavy atom. The monoisotopic (exact) mass is 411 g/mol. The highest BCUT2D eigenvalue weighted by Crippen LogP contribution is 2.24. The van der Waals surface area contributed by atoms with Gasteiger partial charge < -0.3 is 5.32 Å². The number of halogens is 2. The number of benzene rings is 1. The predicted octanol–water partition coefficient (Wildman–Crippen LogP) is 3.26. The van der Waals surface area contributed by atoms with Gasteiger partial charge in [0.15, 0.2) is 5.82 Å². The van der Waals surface area contributed by atoms with Crippen LogP contribution < -0.4 is 5.32 Å². The zero-order valence-electron chi connectivity index (χ0n) is 15.3. The Morgan fingerprint density at radius 1 is 1.24 bits per heavy atom. The van der Waals surface area contributed by atoms with E-state index in [2.05, 4.69) is 25.5 Å². The lowest BCUT2D eigenvalue weighted by Crippen LogP contribution is -2.16. The summed E-state index contributed by atoms with van der Waals surface area (Å²) in [4.78, 5) is 21.1. The van der Waals surface area contributed by atoms with E-state index in [4.69, 9.17) is 11.6 Å². The average molecular weight is 412 g/mol. The van der Waals surface area contributed by atoms with Gasteiger partial charge in [-0.2, -0.15) is 10.2 Å². The maximum atomic E-state index is 13.1. The second kappa shape index (κ2) is 7.80. The molecular weight excluding hydrogens is 397 g/mol. The summed E-state index contributed by atoms with van der Waals surface area (Å²) in [5.41, 5.74) is 1.98. The first-order valence-corrected chi connectivity index (χ1v) is 8.99. The van der Waals surface area contributed by atoms with Gasteiger partial charge in [-0.25, -0.2) is 23.7 Å². The number of aromatic nitrogens is 6. The second-order valence-corrected chi connectivity index (χ2v) is 6.56. The quantitative estimate of drug-likeness (QED) is 0.544. The minimum Gasteiger partial charge on any atom is -0.319 e. The number of anilines is 1. The third kappa shape index (κ3) is 3.85. The van der Waals surface area contributed by atoms with Crippen molar-refractivity contribution >= 4 is 23.2 Å². The van der Waals surface area contributed by atoms with E-state index in [0.29, 0.717) is 23.7 Å². The van der Waals surface area contributed by atoms with Gasteiger partial charge in [-0.05, 0) is 36.8 Å². The summed E-state index contributed by atoms with van der Waals surface area (Å²) in [5.74, 6) is -0.325. The highest BCUT2D eigenvalue weighted by Gasteiger charge is 2.22. The van der Waals surface area contributed by atoms with E-state index in [1.54, 1.807) is 37.4 Å². The SMILES string of the molecule is Cc1nn(Cc2ccc(F)cc2)c(Cl)c1C(=O)Nc1cccnc1-n1cncn1. The molecule has 8 nitrogen and oxygen atoms in total. The molecule has 0 bridgehead atoms. The Kier molecular flexibility index (Phi) is 5.05. The van der Waals surface area contributed by atoms with E-state index in [1.807, 2.05) is 0 Å². The summed E-state index contributed by atoms with van der Waals surface area (Å²) in [6.45, 7) is 2.01. The molecule has 0 fully saturated rings. The molecule has 4 rings (SSSR count). The first-order valence-electron chi connectivity index (χ1n) is 8.61. The van der Waals surface area contributed by atoms with Gasteiger partial charge in [0.25, 0.3) is 5.91 Å². The first-order chi connectivity index (χ1) is 14.0. The number of rotatable bonds is 5. The Hall–Kier alpha value is -3.59. The number of amides is 1. The molecule has 10 heteroatoms. The van der Waals surface area contributed by atoms with E-state index in [-0.39, 0.29) is 16.5 Å². The zero-order valence-corrected chi connectivity index (χ0v) is 16.0. The molecule has 0 aliphatic rings. The van der Waals surface area contributed by atoms with Crippen molar-refractivity contribution in [2.45, 2.75) is 13.5 Å². The molecule has 1 N–H and O–H groups in total. The summed E-state index contributed by atoms with van der Waals surface area (Å²) in [6.07, 6.45) is 4.45. The van der Waals surface area contributed by atoms with Gasteiger partial charge in [-0.3, -0.25) is 4.79 Å². The van der Waals surface area contributed by atoms with Crippen molar-refractivity contribution in [2.75, 3.05) is 5.32 Å². The maximum absolute atomic E-state index is 13.1. The number of pyridine rings is 1. The molecule has 0 aliphatic carbocycles. The van der Waals surface area contributed by atoms with Crippen molar-refractivity contribution < 1.29 is 9.18 Å². The van der Waals surface area contributed by atoms with Crippen LogP contribution in [-0.2, 0) is 6.54 Å². The van der Waals surface area contributed by atoms with Gasteiger partial charge in [0.2, 0.25) is 0 Å². The molecule has 0 saturated carbocycles. The summed E-state index contributed by atoms with van der Waals surface area (Å²) in [5, 5.41) is 11.4. The molecule has 0 unspecified atom stereocenters. The fourth-order valence-electron chi connectivity index (χ4n) is 2.86. The lowest BCUT2D eigenvalue weighted by atomic mass is 10.2. The number of nitrogens with zero attached hydrogens (tertiary/aromatic N) is 6. The van der Waals surface area contributed by atoms with Crippen LogP contribution in [0.1, 0.15) is 21.6 Å². The molecule has 3 heterocycles. The van der Waals surface area contributed by atoms with Crippen LogP contribution in [0, 0.1) is 12.7 Å². The summed E-state index contributed by atoms with van der Waals surface area (Å²) in [7, 11) is 0. The maximum Gasteiger partial charge on any atom is 0.260 e. The van der Waals surface area contributed by atoms with Crippen LogP contribution in [0.4, 0.5) is 10.1 Å². The smallest absolute Gasteiger partial charge is 0.260 e.